The molecule has 0 bridgehead atoms. The molecule has 3 aromatic rings. The van der Waals surface area contributed by atoms with E-state index < -0.39 is 0 Å². The average molecular weight is 416 g/mol. The Kier molecular flexibility index (Phi) is 5.91. The second kappa shape index (κ2) is 8.74. The van der Waals surface area contributed by atoms with Gasteiger partial charge in [-0.3, -0.25) is 0 Å². The van der Waals surface area contributed by atoms with Gasteiger partial charge in [-0.25, -0.2) is 0 Å². The molecular weight excluding hydrogens is 397 g/mol. The molecule has 0 atom stereocenters. The van der Waals surface area contributed by atoms with Gasteiger partial charge in [0.1, 0.15) is 12.4 Å². The second-order valence-corrected chi connectivity index (χ2v) is 7.29. The lowest BCUT2D eigenvalue weighted by molar-refractivity contribution is 0.174. The van der Waals surface area contributed by atoms with Crippen LogP contribution in [0.15, 0.2) is 60.7 Å². The Morgan fingerprint density at radius 1 is 0.750 bits per heavy atom. The minimum absolute atomic E-state index is 0.297. The third-order valence-corrected chi connectivity index (χ3v) is 5.15. The molecular formula is C22H19Cl2NO3. The predicted octanol–water partition coefficient (Wildman–Crippen LogP) is 5.59. The van der Waals surface area contributed by atoms with Gasteiger partial charge < -0.3 is 19.5 Å². The highest BCUT2D eigenvalue weighted by Crippen LogP contribution is 2.32. The minimum Gasteiger partial charge on any atom is -0.489 e. The van der Waals surface area contributed by atoms with Gasteiger partial charge >= 0.3 is 0 Å². The van der Waals surface area contributed by atoms with E-state index in [9.17, 15) is 0 Å². The minimum atomic E-state index is 0.297. The molecule has 0 amide bonds. The first kappa shape index (κ1) is 18.9. The van der Waals surface area contributed by atoms with Crippen molar-refractivity contribution < 1.29 is 14.2 Å². The predicted molar refractivity (Wildman–Crippen MR) is 110 cm³/mol. The quantitative estimate of drug-likeness (QED) is 0.545. The summed E-state index contributed by atoms with van der Waals surface area (Å²) in [7, 11) is 0. The lowest BCUT2D eigenvalue weighted by Gasteiger charge is -2.09. The van der Waals surface area contributed by atoms with Crippen molar-refractivity contribution in [2.75, 3.05) is 6.79 Å². The monoisotopic (exact) mass is 415 g/mol. The zero-order chi connectivity index (χ0) is 19.3. The highest BCUT2D eigenvalue weighted by Gasteiger charge is 2.12. The second-order valence-electron chi connectivity index (χ2n) is 6.47. The number of halogens is 2. The van der Waals surface area contributed by atoms with Crippen LogP contribution in [0.3, 0.4) is 0 Å². The highest BCUT2D eigenvalue weighted by atomic mass is 35.5. The fourth-order valence-corrected chi connectivity index (χ4v) is 3.22. The molecule has 0 aromatic heterocycles. The van der Waals surface area contributed by atoms with Crippen molar-refractivity contribution in [1.29, 1.82) is 0 Å². The Balaban J connectivity index is 1.25. The van der Waals surface area contributed by atoms with E-state index in [0.717, 1.165) is 41.5 Å². The third kappa shape index (κ3) is 4.71. The van der Waals surface area contributed by atoms with Gasteiger partial charge in [-0.15, -0.1) is 0 Å². The molecule has 4 nitrogen and oxygen atoms in total. The molecule has 6 heteroatoms. The fourth-order valence-electron chi connectivity index (χ4n) is 2.90. The normalized spacial score (nSPS) is 12.2. The van der Waals surface area contributed by atoms with Crippen molar-refractivity contribution >= 4 is 23.2 Å². The van der Waals surface area contributed by atoms with Crippen LogP contribution in [0, 0.1) is 0 Å². The first-order valence-electron chi connectivity index (χ1n) is 8.92. The molecule has 0 radical (unpaired) electrons. The standard InChI is InChI=1S/C22H19Cl2NO3/c23-19-7-3-17(9-20(19)24)13-26-18-5-1-15(2-6-18)11-25-12-16-4-8-21-22(10-16)28-14-27-21/h1-10,25H,11-14H2. The zero-order valence-electron chi connectivity index (χ0n) is 15.1. The molecule has 0 aliphatic carbocycles. The zero-order valence-corrected chi connectivity index (χ0v) is 16.6. The van der Waals surface area contributed by atoms with Gasteiger partial charge in [-0.05, 0) is 53.1 Å². The van der Waals surface area contributed by atoms with Crippen molar-refractivity contribution in [2.24, 2.45) is 0 Å². The molecule has 3 aromatic carbocycles. The number of hydrogen-bond donors (Lipinski definition) is 1. The van der Waals surface area contributed by atoms with Crippen molar-refractivity contribution in [3.63, 3.8) is 0 Å². The maximum Gasteiger partial charge on any atom is 0.231 e. The number of nitrogens with one attached hydrogen (secondary N) is 1. The van der Waals surface area contributed by atoms with Crippen LogP contribution in [0.5, 0.6) is 17.2 Å². The van der Waals surface area contributed by atoms with E-state index in [1.807, 2.05) is 42.5 Å². The Hall–Kier alpha value is -2.40. The van der Waals surface area contributed by atoms with E-state index in [1.54, 1.807) is 6.07 Å². The summed E-state index contributed by atoms with van der Waals surface area (Å²) in [5.41, 5.74) is 3.32. The summed E-state index contributed by atoms with van der Waals surface area (Å²) in [5.74, 6) is 2.42. The fraction of sp³-hybridized carbons (Fsp3) is 0.182. The van der Waals surface area contributed by atoms with Crippen LogP contribution >= 0.6 is 23.2 Å². The summed E-state index contributed by atoms with van der Waals surface area (Å²) in [6, 6.07) is 19.5. The van der Waals surface area contributed by atoms with Gasteiger partial charge in [0.05, 0.1) is 10.0 Å². The van der Waals surface area contributed by atoms with Crippen LogP contribution in [0.4, 0.5) is 0 Å². The molecule has 0 fully saturated rings. The molecule has 1 heterocycles. The van der Waals surface area contributed by atoms with Gasteiger partial charge in [0.2, 0.25) is 6.79 Å². The van der Waals surface area contributed by atoms with E-state index in [0.29, 0.717) is 23.4 Å². The number of hydrogen-bond acceptors (Lipinski definition) is 4. The topological polar surface area (TPSA) is 39.7 Å². The Bertz CT molecular complexity index is 960. The van der Waals surface area contributed by atoms with Crippen LogP contribution in [0.2, 0.25) is 10.0 Å². The molecule has 1 aliphatic heterocycles. The Labute approximate surface area is 173 Å². The summed E-state index contributed by atoms with van der Waals surface area (Å²) in [4.78, 5) is 0. The first-order valence-corrected chi connectivity index (χ1v) is 9.68. The smallest absolute Gasteiger partial charge is 0.231 e. The number of fused-ring (bicyclic) bond motifs is 1. The number of ether oxygens (including phenoxy) is 3. The van der Waals surface area contributed by atoms with E-state index in [4.69, 9.17) is 37.4 Å². The maximum atomic E-state index is 6.03. The van der Waals surface area contributed by atoms with Crippen molar-refractivity contribution in [1.82, 2.24) is 5.32 Å². The summed E-state index contributed by atoms with van der Waals surface area (Å²) in [6.07, 6.45) is 0. The van der Waals surface area contributed by atoms with Gasteiger partial charge in [0, 0.05) is 13.1 Å². The number of rotatable bonds is 7. The van der Waals surface area contributed by atoms with Crippen LogP contribution in [-0.2, 0) is 19.7 Å². The van der Waals surface area contributed by atoms with E-state index in [-0.39, 0.29) is 0 Å². The molecule has 1 aliphatic rings. The van der Waals surface area contributed by atoms with Gasteiger partial charge in [0.25, 0.3) is 0 Å². The summed E-state index contributed by atoms with van der Waals surface area (Å²) in [6.45, 7) is 2.26. The molecule has 0 saturated heterocycles. The van der Waals surface area contributed by atoms with E-state index >= 15 is 0 Å². The maximum absolute atomic E-state index is 6.03. The number of benzene rings is 3. The van der Waals surface area contributed by atoms with Crippen LogP contribution in [0.1, 0.15) is 16.7 Å². The molecule has 0 spiro atoms. The Morgan fingerprint density at radius 2 is 1.46 bits per heavy atom. The van der Waals surface area contributed by atoms with Gasteiger partial charge in [-0.1, -0.05) is 47.5 Å². The van der Waals surface area contributed by atoms with Crippen LogP contribution < -0.4 is 19.5 Å². The molecule has 144 valence electrons. The van der Waals surface area contributed by atoms with Crippen LogP contribution in [-0.4, -0.2) is 6.79 Å². The summed E-state index contributed by atoms with van der Waals surface area (Å²) >= 11 is 12.0. The third-order valence-electron chi connectivity index (χ3n) is 4.41. The van der Waals surface area contributed by atoms with Crippen molar-refractivity contribution in [2.45, 2.75) is 19.7 Å². The summed E-state index contributed by atoms with van der Waals surface area (Å²) in [5, 5.41) is 4.51. The molecule has 1 N–H and O–H groups in total. The Morgan fingerprint density at radius 3 is 2.29 bits per heavy atom. The van der Waals surface area contributed by atoms with E-state index in [2.05, 4.69) is 17.4 Å². The highest BCUT2D eigenvalue weighted by molar-refractivity contribution is 6.42. The average Bonchev–Trinajstić information content (AvgIpc) is 3.18. The SMILES string of the molecule is Clc1ccc(COc2ccc(CNCc3ccc4c(c3)OCO4)cc2)cc1Cl. The molecule has 0 unspecified atom stereocenters. The van der Waals surface area contributed by atoms with Gasteiger partial charge in [-0.2, -0.15) is 0 Å². The van der Waals surface area contributed by atoms with Gasteiger partial charge in [0.15, 0.2) is 11.5 Å². The largest absolute Gasteiger partial charge is 0.489 e. The van der Waals surface area contributed by atoms with Crippen LogP contribution in [0.25, 0.3) is 0 Å². The lowest BCUT2D eigenvalue weighted by Crippen LogP contribution is -2.12. The molecule has 28 heavy (non-hydrogen) atoms. The van der Waals surface area contributed by atoms with E-state index in [1.165, 1.54) is 5.56 Å². The van der Waals surface area contributed by atoms with Crippen molar-refractivity contribution in [3.05, 3.63) is 87.4 Å². The van der Waals surface area contributed by atoms with Crippen molar-refractivity contribution in [3.8, 4) is 17.2 Å². The molecule has 0 saturated carbocycles. The summed E-state index contributed by atoms with van der Waals surface area (Å²) < 4.78 is 16.5. The lowest BCUT2D eigenvalue weighted by atomic mass is 10.2. The molecule has 4 rings (SSSR count). The first-order chi connectivity index (χ1) is 13.7.